The first-order valence-electron chi connectivity index (χ1n) is 8.55. The Morgan fingerprint density at radius 1 is 1.05 bits per heavy atom. The van der Waals surface area contributed by atoms with E-state index in [2.05, 4.69) is 34.1 Å². The minimum Gasteiger partial charge on any atom is -0.372 e. The molecule has 0 amide bonds. The van der Waals surface area contributed by atoms with Crippen molar-refractivity contribution in [2.75, 3.05) is 37.6 Å². The molecule has 0 radical (unpaired) electrons. The van der Waals surface area contributed by atoms with Crippen molar-refractivity contribution in [1.82, 2.24) is 4.90 Å². The molecule has 0 aromatic heterocycles. The lowest BCUT2D eigenvalue weighted by molar-refractivity contribution is 0.249. The molecule has 0 saturated carbocycles. The number of anilines is 1. The van der Waals surface area contributed by atoms with Crippen LogP contribution in [0.15, 0.2) is 24.3 Å². The fraction of sp³-hybridized carbons (Fsp3) is 0.667. The highest BCUT2D eigenvalue weighted by Gasteiger charge is 2.22. The van der Waals surface area contributed by atoms with Crippen LogP contribution in [0.4, 0.5) is 5.69 Å². The molecule has 116 valence electrons. The van der Waals surface area contributed by atoms with Gasteiger partial charge in [-0.2, -0.15) is 0 Å². The van der Waals surface area contributed by atoms with Gasteiger partial charge in [-0.05, 0) is 69.3 Å². The molecule has 2 aliphatic heterocycles. The van der Waals surface area contributed by atoms with E-state index in [1.54, 1.807) is 0 Å². The van der Waals surface area contributed by atoms with E-state index in [4.69, 9.17) is 5.73 Å². The summed E-state index contributed by atoms with van der Waals surface area (Å²) in [6, 6.07) is 8.95. The monoisotopic (exact) mass is 287 g/mol. The highest BCUT2D eigenvalue weighted by Crippen LogP contribution is 2.25. The lowest BCUT2D eigenvalue weighted by Gasteiger charge is -2.35. The number of hydrogen-bond acceptors (Lipinski definition) is 3. The number of hydrogen-bond donors (Lipinski definition) is 1. The van der Waals surface area contributed by atoms with Crippen LogP contribution in [-0.4, -0.2) is 37.6 Å². The summed E-state index contributed by atoms with van der Waals surface area (Å²) in [7, 11) is 0. The molecule has 3 rings (SSSR count). The van der Waals surface area contributed by atoms with Crippen molar-refractivity contribution in [3.63, 3.8) is 0 Å². The zero-order chi connectivity index (χ0) is 14.7. The minimum atomic E-state index is 0.130. The van der Waals surface area contributed by atoms with Gasteiger partial charge in [0.2, 0.25) is 0 Å². The molecular formula is C18H29N3. The summed E-state index contributed by atoms with van der Waals surface area (Å²) in [5, 5.41) is 0. The van der Waals surface area contributed by atoms with E-state index < -0.39 is 0 Å². The zero-order valence-electron chi connectivity index (χ0n) is 13.3. The maximum Gasteiger partial charge on any atom is 0.0366 e. The summed E-state index contributed by atoms with van der Waals surface area (Å²) in [4.78, 5) is 5.20. The summed E-state index contributed by atoms with van der Waals surface area (Å²) in [5.74, 6) is 0.905. The molecule has 21 heavy (non-hydrogen) atoms. The predicted octanol–water partition coefficient (Wildman–Crippen LogP) is 3.02. The van der Waals surface area contributed by atoms with Crippen LogP contribution in [0, 0.1) is 5.92 Å². The fourth-order valence-corrected chi connectivity index (χ4v) is 3.69. The molecule has 3 nitrogen and oxygen atoms in total. The largest absolute Gasteiger partial charge is 0.372 e. The average molecular weight is 287 g/mol. The first kappa shape index (κ1) is 14.9. The first-order valence-corrected chi connectivity index (χ1v) is 8.55. The Kier molecular flexibility index (Phi) is 4.81. The maximum absolute atomic E-state index is 5.92. The Bertz CT molecular complexity index is 426. The fourth-order valence-electron chi connectivity index (χ4n) is 3.69. The summed E-state index contributed by atoms with van der Waals surface area (Å²) in [5.41, 5.74) is 8.50. The van der Waals surface area contributed by atoms with Crippen molar-refractivity contribution in [2.45, 2.75) is 38.6 Å². The molecule has 3 heteroatoms. The van der Waals surface area contributed by atoms with Gasteiger partial charge in [0.15, 0.2) is 0 Å². The number of likely N-dealkylation sites (tertiary alicyclic amines) is 1. The van der Waals surface area contributed by atoms with Gasteiger partial charge in [-0.15, -0.1) is 0 Å². The van der Waals surface area contributed by atoms with Crippen molar-refractivity contribution in [3.05, 3.63) is 29.8 Å². The van der Waals surface area contributed by atoms with Gasteiger partial charge in [-0.25, -0.2) is 0 Å². The van der Waals surface area contributed by atoms with Gasteiger partial charge in [0.05, 0.1) is 0 Å². The van der Waals surface area contributed by atoms with Crippen LogP contribution in [0.2, 0.25) is 0 Å². The van der Waals surface area contributed by atoms with E-state index in [1.165, 1.54) is 69.7 Å². The van der Waals surface area contributed by atoms with Gasteiger partial charge in [-0.1, -0.05) is 12.1 Å². The molecule has 2 N–H and O–H groups in total. The van der Waals surface area contributed by atoms with Crippen LogP contribution in [0.1, 0.15) is 44.2 Å². The summed E-state index contributed by atoms with van der Waals surface area (Å²) >= 11 is 0. The minimum absolute atomic E-state index is 0.130. The van der Waals surface area contributed by atoms with Crippen LogP contribution in [0.3, 0.4) is 0 Å². The molecule has 1 aromatic rings. The number of nitrogens with zero attached hydrogens (tertiary/aromatic N) is 2. The second kappa shape index (κ2) is 6.80. The highest BCUT2D eigenvalue weighted by atomic mass is 15.2. The molecule has 1 unspecified atom stereocenters. The Morgan fingerprint density at radius 3 is 2.24 bits per heavy atom. The van der Waals surface area contributed by atoms with E-state index >= 15 is 0 Å². The predicted molar refractivity (Wildman–Crippen MR) is 89.7 cm³/mol. The zero-order valence-corrected chi connectivity index (χ0v) is 13.3. The van der Waals surface area contributed by atoms with E-state index in [1.807, 2.05) is 6.92 Å². The van der Waals surface area contributed by atoms with E-state index in [0.717, 1.165) is 5.92 Å². The lowest BCUT2D eigenvalue weighted by atomic mass is 9.95. The van der Waals surface area contributed by atoms with Gasteiger partial charge in [0.25, 0.3) is 0 Å². The third-order valence-corrected chi connectivity index (χ3v) is 5.11. The number of nitrogens with two attached hydrogens (primary N) is 1. The lowest BCUT2D eigenvalue weighted by Crippen LogP contribution is -2.38. The molecule has 2 fully saturated rings. The normalized spacial score (nSPS) is 22.7. The van der Waals surface area contributed by atoms with Crippen molar-refractivity contribution in [3.8, 4) is 0 Å². The molecule has 0 bridgehead atoms. The molecule has 2 heterocycles. The Morgan fingerprint density at radius 2 is 1.67 bits per heavy atom. The topological polar surface area (TPSA) is 32.5 Å². The smallest absolute Gasteiger partial charge is 0.0366 e. The third-order valence-electron chi connectivity index (χ3n) is 5.11. The van der Waals surface area contributed by atoms with Crippen molar-refractivity contribution in [1.29, 1.82) is 0 Å². The van der Waals surface area contributed by atoms with Gasteiger partial charge < -0.3 is 15.5 Å². The Labute approximate surface area is 129 Å². The maximum atomic E-state index is 5.92. The number of piperidine rings is 1. The molecule has 1 aromatic carbocycles. The second-order valence-electron chi connectivity index (χ2n) is 6.82. The molecule has 2 saturated heterocycles. The first-order chi connectivity index (χ1) is 10.2. The van der Waals surface area contributed by atoms with Crippen LogP contribution in [0.25, 0.3) is 0 Å². The summed E-state index contributed by atoms with van der Waals surface area (Å²) < 4.78 is 0. The average Bonchev–Trinajstić information content (AvgIpc) is 3.01. The molecular weight excluding hydrogens is 258 g/mol. The Balaban J connectivity index is 1.50. The van der Waals surface area contributed by atoms with E-state index in [9.17, 15) is 0 Å². The molecule has 2 aliphatic rings. The molecule has 0 aliphatic carbocycles. The Hall–Kier alpha value is -1.06. The quantitative estimate of drug-likeness (QED) is 0.924. The number of rotatable bonds is 4. The van der Waals surface area contributed by atoms with E-state index in [-0.39, 0.29) is 6.04 Å². The third kappa shape index (κ3) is 3.78. The van der Waals surface area contributed by atoms with Crippen LogP contribution in [-0.2, 0) is 0 Å². The summed E-state index contributed by atoms with van der Waals surface area (Å²) in [6.45, 7) is 8.44. The van der Waals surface area contributed by atoms with Crippen molar-refractivity contribution >= 4 is 5.69 Å². The number of benzene rings is 1. The second-order valence-corrected chi connectivity index (χ2v) is 6.82. The SMILES string of the molecule is CC(N)c1ccc(N2CCC(CN3CCCC3)CC2)cc1. The standard InChI is InChI=1S/C18H29N3/c1-15(19)17-4-6-18(7-5-17)21-12-8-16(9-13-21)14-20-10-2-3-11-20/h4-7,15-16H,2-3,8-14,19H2,1H3. The van der Waals surface area contributed by atoms with Gasteiger partial charge in [0, 0.05) is 31.4 Å². The van der Waals surface area contributed by atoms with Crippen molar-refractivity contribution < 1.29 is 0 Å². The van der Waals surface area contributed by atoms with Crippen LogP contribution >= 0.6 is 0 Å². The van der Waals surface area contributed by atoms with Gasteiger partial charge in [-0.3, -0.25) is 0 Å². The van der Waals surface area contributed by atoms with E-state index in [0.29, 0.717) is 0 Å². The summed E-state index contributed by atoms with van der Waals surface area (Å²) in [6.07, 6.45) is 5.49. The van der Waals surface area contributed by atoms with Gasteiger partial charge >= 0.3 is 0 Å². The van der Waals surface area contributed by atoms with Crippen LogP contribution < -0.4 is 10.6 Å². The van der Waals surface area contributed by atoms with Crippen LogP contribution in [0.5, 0.6) is 0 Å². The van der Waals surface area contributed by atoms with Gasteiger partial charge in [0.1, 0.15) is 0 Å². The molecule has 1 atom stereocenters. The highest BCUT2D eigenvalue weighted by molar-refractivity contribution is 5.48. The van der Waals surface area contributed by atoms with Crippen molar-refractivity contribution in [2.24, 2.45) is 11.7 Å². The molecule has 0 spiro atoms.